The highest BCUT2D eigenvalue weighted by molar-refractivity contribution is 6.48. The predicted molar refractivity (Wildman–Crippen MR) is 82.8 cm³/mol. The molecule has 2 heterocycles. The van der Waals surface area contributed by atoms with Crippen molar-refractivity contribution in [1.29, 1.82) is 5.26 Å². The maximum atomic E-state index is 9.08. The molecule has 6 heteroatoms. The summed E-state index contributed by atoms with van der Waals surface area (Å²) in [6, 6.07) is 11.2. The lowest BCUT2D eigenvalue weighted by molar-refractivity contribution is 0.299. The van der Waals surface area contributed by atoms with Crippen LogP contribution >= 0.6 is 0 Å². The molecule has 0 saturated heterocycles. The lowest BCUT2D eigenvalue weighted by atomic mass is 9.87. The third-order valence-electron chi connectivity index (χ3n) is 3.31. The van der Waals surface area contributed by atoms with Gasteiger partial charge in [0.05, 0.1) is 13.2 Å². The van der Waals surface area contributed by atoms with E-state index in [2.05, 4.69) is 11.1 Å². The number of fused-ring (bicyclic) bond motifs is 1. The number of rotatable bonds is 5. The molecule has 22 heavy (non-hydrogen) atoms. The highest BCUT2D eigenvalue weighted by atomic mass is 16.5. The van der Waals surface area contributed by atoms with Gasteiger partial charge in [0, 0.05) is 6.07 Å². The summed E-state index contributed by atoms with van der Waals surface area (Å²) >= 11 is 0. The van der Waals surface area contributed by atoms with Gasteiger partial charge in [-0.3, -0.25) is 0 Å². The van der Waals surface area contributed by atoms with Crippen molar-refractivity contribution in [2.24, 2.45) is 0 Å². The minimum absolute atomic E-state index is 0.311. The van der Waals surface area contributed by atoms with Crippen molar-refractivity contribution in [3.63, 3.8) is 0 Å². The summed E-state index contributed by atoms with van der Waals surface area (Å²) in [5, 5.41) is 9.08. The number of hydrogen-bond acceptors (Lipinski definition) is 5. The van der Waals surface area contributed by atoms with Crippen LogP contribution in [0, 0.1) is 11.3 Å². The molecule has 1 aliphatic heterocycles. The number of nitriles is 1. The van der Waals surface area contributed by atoms with Crippen LogP contribution in [-0.4, -0.2) is 19.1 Å². The Labute approximate surface area is 129 Å². The summed E-state index contributed by atoms with van der Waals surface area (Å²) in [4.78, 5) is 4.27. The summed E-state index contributed by atoms with van der Waals surface area (Å²) in [7, 11) is 0.653. The zero-order valence-corrected chi connectivity index (χ0v) is 12.3. The van der Waals surface area contributed by atoms with Gasteiger partial charge in [0.1, 0.15) is 17.4 Å². The highest BCUT2D eigenvalue weighted by Gasteiger charge is 2.14. The predicted octanol–water partition coefficient (Wildman–Crippen LogP) is 2.04. The number of hydrogen-bond donors (Lipinski definition) is 0. The van der Waals surface area contributed by atoms with Crippen LogP contribution in [-0.2, 0) is 11.3 Å². The summed E-state index contributed by atoms with van der Waals surface area (Å²) < 4.78 is 16.7. The van der Waals surface area contributed by atoms with Gasteiger partial charge >= 0.3 is 7.48 Å². The van der Waals surface area contributed by atoms with Crippen LogP contribution in [0.4, 0.5) is 0 Å². The maximum absolute atomic E-state index is 9.08. The highest BCUT2D eigenvalue weighted by Crippen LogP contribution is 2.25. The topological polar surface area (TPSA) is 64.4 Å². The van der Waals surface area contributed by atoms with Crippen molar-refractivity contribution < 1.29 is 14.1 Å². The maximum Gasteiger partial charge on any atom is 0.309 e. The molecule has 3 rings (SSSR count). The molecule has 0 spiro atoms. The zero-order chi connectivity index (χ0) is 15.4. The van der Waals surface area contributed by atoms with Gasteiger partial charge in [-0.1, -0.05) is 13.0 Å². The van der Waals surface area contributed by atoms with E-state index in [1.165, 1.54) is 5.46 Å². The first-order valence-electron chi connectivity index (χ1n) is 7.21. The first kappa shape index (κ1) is 14.4. The van der Waals surface area contributed by atoms with Crippen molar-refractivity contribution in [1.82, 2.24) is 4.98 Å². The van der Waals surface area contributed by atoms with E-state index >= 15 is 0 Å². The number of benzene rings is 1. The molecule has 0 N–H and O–H groups in total. The van der Waals surface area contributed by atoms with E-state index in [9.17, 15) is 0 Å². The second-order valence-corrected chi connectivity index (χ2v) is 4.99. The Morgan fingerprint density at radius 1 is 1.36 bits per heavy atom. The van der Waals surface area contributed by atoms with Crippen LogP contribution in [0.25, 0.3) is 0 Å². The van der Waals surface area contributed by atoms with Crippen molar-refractivity contribution in [3.05, 3.63) is 41.5 Å². The van der Waals surface area contributed by atoms with E-state index in [-0.39, 0.29) is 0 Å². The monoisotopic (exact) mass is 294 g/mol. The Kier molecular flexibility index (Phi) is 4.26. The molecule has 0 amide bonds. The van der Waals surface area contributed by atoms with E-state index in [1.54, 1.807) is 12.1 Å². The minimum Gasteiger partial charge on any atom is -0.477 e. The molecule has 0 aliphatic carbocycles. The number of aromatic nitrogens is 1. The second kappa shape index (κ2) is 6.50. The average molecular weight is 294 g/mol. The van der Waals surface area contributed by atoms with Crippen molar-refractivity contribution in [3.8, 4) is 23.6 Å². The fourth-order valence-electron chi connectivity index (χ4n) is 2.21. The van der Waals surface area contributed by atoms with Crippen LogP contribution in [0.1, 0.15) is 24.5 Å². The smallest absolute Gasteiger partial charge is 0.309 e. The fourth-order valence-corrected chi connectivity index (χ4v) is 2.21. The standard InChI is InChI=1S/C16H15BN2O3/c1-2-7-20-16-11(9-18)3-6-15(19-16)22-13-4-5-14-12(8-13)10-21-17-14/h3-6,8,17H,2,7,10H2,1H3. The van der Waals surface area contributed by atoms with Crippen molar-refractivity contribution in [2.75, 3.05) is 6.61 Å². The molecule has 1 aliphatic rings. The van der Waals surface area contributed by atoms with Gasteiger partial charge in [0.2, 0.25) is 11.8 Å². The molecular formula is C16H15BN2O3. The number of nitrogens with zero attached hydrogens (tertiary/aromatic N) is 2. The van der Waals surface area contributed by atoms with E-state index in [4.69, 9.17) is 19.4 Å². The van der Waals surface area contributed by atoms with E-state index in [0.717, 1.165) is 12.0 Å². The average Bonchev–Trinajstić information content (AvgIpc) is 3.00. The van der Waals surface area contributed by atoms with Crippen molar-refractivity contribution >= 4 is 12.9 Å². The van der Waals surface area contributed by atoms with Gasteiger partial charge in [-0.15, -0.1) is 0 Å². The first-order chi connectivity index (χ1) is 10.8. The van der Waals surface area contributed by atoms with Gasteiger partial charge in [0.25, 0.3) is 0 Å². The Morgan fingerprint density at radius 2 is 2.27 bits per heavy atom. The van der Waals surface area contributed by atoms with E-state index < -0.39 is 0 Å². The normalized spacial score (nSPS) is 12.2. The zero-order valence-electron chi connectivity index (χ0n) is 12.3. The Hall–Kier alpha value is -2.52. The lowest BCUT2D eigenvalue weighted by Gasteiger charge is -2.09. The van der Waals surface area contributed by atoms with Gasteiger partial charge in [-0.05, 0) is 35.6 Å². The second-order valence-electron chi connectivity index (χ2n) is 4.99. The summed E-state index contributed by atoms with van der Waals surface area (Å²) in [5.41, 5.74) is 2.73. The van der Waals surface area contributed by atoms with E-state index in [0.29, 0.717) is 43.8 Å². The molecule has 1 aromatic carbocycles. The molecule has 5 nitrogen and oxygen atoms in total. The number of pyridine rings is 1. The third kappa shape index (κ3) is 3.05. The third-order valence-corrected chi connectivity index (χ3v) is 3.31. The van der Waals surface area contributed by atoms with Crippen LogP contribution in [0.2, 0.25) is 0 Å². The van der Waals surface area contributed by atoms with Crippen LogP contribution in [0.15, 0.2) is 30.3 Å². The first-order valence-corrected chi connectivity index (χ1v) is 7.21. The molecule has 1 aromatic heterocycles. The molecule has 110 valence electrons. The molecule has 0 saturated carbocycles. The SMILES string of the molecule is CCCOc1nc(Oc2ccc3c(c2)COB3)ccc1C#N. The van der Waals surface area contributed by atoms with Crippen LogP contribution in [0.5, 0.6) is 17.5 Å². The van der Waals surface area contributed by atoms with Gasteiger partial charge in [-0.2, -0.15) is 10.2 Å². The molecule has 0 unspecified atom stereocenters. The Balaban J connectivity index is 1.81. The lowest BCUT2D eigenvalue weighted by Crippen LogP contribution is -2.10. The van der Waals surface area contributed by atoms with Gasteiger partial charge < -0.3 is 14.1 Å². The van der Waals surface area contributed by atoms with E-state index in [1.807, 2.05) is 25.1 Å². The molecule has 0 fully saturated rings. The fraction of sp³-hybridized carbons (Fsp3) is 0.250. The summed E-state index contributed by atoms with van der Waals surface area (Å²) in [6.07, 6.45) is 0.850. The molecule has 2 aromatic rings. The van der Waals surface area contributed by atoms with Crippen LogP contribution in [0.3, 0.4) is 0 Å². The number of ether oxygens (including phenoxy) is 2. The van der Waals surface area contributed by atoms with Crippen LogP contribution < -0.4 is 14.9 Å². The van der Waals surface area contributed by atoms with Gasteiger partial charge in [0.15, 0.2) is 0 Å². The summed E-state index contributed by atoms with van der Waals surface area (Å²) in [5.74, 6) is 1.42. The largest absolute Gasteiger partial charge is 0.477 e. The van der Waals surface area contributed by atoms with Gasteiger partial charge in [-0.25, -0.2) is 0 Å². The molecule has 0 atom stereocenters. The minimum atomic E-state index is 0.311. The molecule has 0 bridgehead atoms. The Bertz CT molecular complexity index is 728. The Morgan fingerprint density at radius 3 is 3.09 bits per heavy atom. The quantitative estimate of drug-likeness (QED) is 0.790. The van der Waals surface area contributed by atoms with Crippen molar-refractivity contribution in [2.45, 2.75) is 20.0 Å². The molecule has 0 radical (unpaired) electrons. The summed E-state index contributed by atoms with van der Waals surface area (Å²) in [6.45, 7) is 3.12. The molecular weight excluding hydrogens is 279 g/mol.